The van der Waals surface area contributed by atoms with Crippen LogP contribution in [0.3, 0.4) is 0 Å². The second-order valence-corrected chi connectivity index (χ2v) is 9.45. The van der Waals surface area contributed by atoms with Crippen molar-refractivity contribution in [3.63, 3.8) is 0 Å². The van der Waals surface area contributed by atoms with Crippen molar-refractivity contribution in [2.24, 2.45) is 5.92 Å². The molecule has 1 aromatic rings. The van der Waals surface area contributed by atoms with E-state index in [9.17, 15) is 22.8 Å². The Morgan fingerprint density at radius 1 is 1.30 bits per heavy atom. The van der Waals surface area contributed by atoms with Gasteiger partial charge in [-0.3, -0.25) is 14.5 Å². The highest BCUT2D eigenvalue weighted by Gasteiger charge is 2.47. The monoisotopic (exact) mass is 395 g/mol. The maximum atomic E-state index is 12.6. The van der Waals surface area contributed by atoms with Gasteiger partial charge in [0.15, 0.2) is 9.84 Å². The Morgan fingerprint density at radius 2 is 1.96 bits per heavy atom. The van der Waals surface area contributed by atoms with E-state index in [1.807, 2.05) is 13.8 Å². The van der Waals surface area contributed by atoms with Crippen molar-refractivity contribution >= 4 is 33.4 Å². The van der Waals surface area contributed by atoms with Crippen molar-refractivity contribution < 1.29 is 22.8 Å². The molecule has 0 aromatic heterocycles. The number of nitrogens with zero attached hydrogens (tertiary/aromatic N) is 1. The summed E-state index contributed by atoms with van der Waals surface area (Å²) in [6.45, 7) is 5.27. The van der Waals surface area contributed by atoms with Crippen LogP contribution in [0.5, 0.6) is 0 Å². The molecule has 1 heterocycles. The summed E-state index contributed by atoms with van der Waals surface area (Å²) in [5, 5.41) is 5.18. The third-order valence-electron chi connectivity index (χ3n) is 4.41. The lowest BCUT2D eigenvalue weighted by Gasteiger charge is -2.22. The first kappa shape index (κ1) is 20.9. The second-order valence-electron chi connectivity index (χ2n) is 7.43. The molecule has 148 valence electrons. The Balaban J connectivity index is 2.06. The van der Waals surface area contributed by atoms with Crippen LogP contribution in [0.2, 0.25) is 0 Å². The number of hydrogen-bond donors (Lipinski definition) is 2. The van der Waals surface area contributed by atoms with Gasteiger partial charge in [-0.1, -0.05) is 19.9 Å². The Kier molecular flexibility index (Phi) is 5.94. The molecular formula is C18H25N3O5S. The van der Waals surface area contributed by atoms with Crippen molar-refractivity contribution in [3.05, 3.63) is 24.3 Å². The normalized spacial score (nSPS) is 20.1. The highest BCUT2D eigenvalue weighted by atomic mass is 32.2. The third kappa shape index (κ3) is 5.06. The van der Waals surface area contributed by atoms with Gasteiger partial charge in [0.2, 0.25) is 5.91 Å². The molecule has 1 fully saturated rings. The topological polar surface area (TPSA) is 113 Å². The third-order valence-corrected chi connectivity index (χ3v) is 5.52. The van der Waals surface area contributed by atoms with Crippen LogP contribution in [0.4, 0.5) is 10.5 Å². The molecule has 0 saturated carbocycles. The zero-order chi connectivity index (χ0) is 20.4. The molecule has 1 aliphatic rings. The Labute approximate surface area is 159 Å². The van der Waals surface area contributed by atoms with E-state index >= 15 is 0 Å². The molecule has 4 amide bonds. The molecule has 1 saturated heterocycles. The highest BCUT2D eigenvalue weighted by molar-refractivity contribution is 7.90. The average Bonchev–Trinajstić information content (AvgIpc) is 2.76. The van der Waals surface area contributed by atoms with Gasteiger partial charge < -0.3 is 10.6 Å². The number of benzene rings is 1. The van der Waals surface area contributed by atoms with Gasteiger partial charge in [-0.25, -0.2) is 13.2 Å². The van der Waals surface area contributed by atoms with E-state index in [1.165, 1.54) is 24.3 Å². The molecule has 0 radical (unpaired) electrons. The number of imide groups is 1. The van der Waals surface area contributed by atoms with E-state index < -0.39 is 39.8 Å². The minimum atomic E-state index is -3.41. The fourth-order valence-electron chi connectivity index (χ4n) is 2.79. The van der Waals surface area contributed by atoms with Crippen molar-refractivity contribution in [1.29, 1.82) is 0 Å². The lowest BCUT2D eigenvalue weighted by Crippen LogP contribution is -2.44. The molecule has 27 heavy (non-hydrogen) atoms. The predicted octanol–water partition coefficient (Wildman–Crippen LogP) is 1.78. The molecule has 1 aromatic carbocycles. The number of hydrogen-bond acceptors (Lipinski definition) is 5. The van der Waals surface area contributed by atoms with E-state index in [0.717, 1.165) is 17.6 Å². The average molecular weight is 395 g/mol. The van der Waals surface area contributed by atoms with Crippen LogP contribution in [0, 0.1) is 5.92 Å². The van der Waals surface area contributed by atoms with Gasteiger partial charge in [0, 0.05) is 11.9 Å². The van der Waals surface area contributed by atoms with Crippen LogP contribution in [0.1, 0.15) is 33.6 Å². The zero-order valence-corrected chi connectivity index (χ0v) is 16.7. The van der Waals surface area contributed by atoms with Crippen molar-refractivity contribution in [3.8, 4) is 0 Å². The standard InChI is InChI=1S/C18H25N3O5S/c1-12(2)8-9-18(3)16(23)21(17(24)20-18)11-15(22)19-13-6-5-7-14(10-13)27(4,25)26/h5-7,10,12H,8-9,11H2,1-4H3,(H,19,22)(H,20,24)/t18-/m1/s1. The summed E-state index contributed by atoms with van der Waals surface area (Å²) >= 11 is 0. The maximum Gasteiger partial charge on any atom is 0.325 e. The van der Waals surface area contributed by atoms with Gasteiger partial charge in [-0.05, 0) is 43.9 Å². The summed E-state index contributed by atoms with van der Waals surface area (Å²) < 4.78 is 23.2. The molecule has 0 spiro atoms. The minimum Gasteiger partial charge on any atom is -0.324 e. The van der Waals surface area contributed by atoms with Gasteiger partial charge in [-0.2, -0.15) is 0 Å². The van der Waals surface area contributed by atoms with E-state index in [0.29, 0.717) is 12.3 Å². The molecule has 8 nitrogen and oxygen atoms in total. The van der Waals surface area contributed by atoms with Crippen LogP contribution in [0.15, 0.2) is 29.2 Å². The zero-order valence-electron chi connectivity index (χ0n) is 15.9. The first-order chi connectivity index (χ1) is 12.4. The SMILES string of the molecule is CC(C)CC[C@@]1(C)NC(=O)N(CC(=O)Nc2cccc(S(C)(=O)=O)c2)C1=O. The van der Waals surface area contributed by atoms with Gasteiger partial charge in [0.1, 0.15) is 12.1 Å². The van der Waals surface area contributed by atoms with Crippen LogP contribution < -0.4 is 10.6 Å². The van der Waals surface area contributed by atoms with E-state index in [1.54, 1.807) is 6.92 Å². The van der Waals surface area contributed by atoms with Gasteiger partial charge in [0.25, 0.3) is 5.91 Å². The number of amides is 4. The number of rotatable bonds is 7. The highest BCUT2D eigenvalue weighted by Crippen LogP contribution is 2.24. The molecule has 2 rings (SSSR count). The predicted molar refractivity (Wildman–Crippen MR) is 101 cm³/mol. The van der Waals surface area contributed by atoms with Crippen molar-refractivity contribution in [2.45, 2.75) is 44.0 Å². The largest absolute Gasteiger partial charge is 0.325 e. The van der Waals surface area contributed by atoms with Crippen LogP contribution in [-0.2, 0) is 19.4 Å². The molecule has 0 bridgehead atoms. The lowest BCUT2D eigenvalue weighted by molar-refractivity contribution is -0.133. The van der Waals surface area contributed by atoms with E-state index in [2.05, 4.69) is 10.6 Å². The first-order valence-electron chi connectivity index (χ1n) is 8.66. The number of sulfone groups is 1. The first-order valence-corrected chi connectivity index (χ1v) is 10.6. The molecular weight excluding hydrogens is 370 g/mol. The minimum absolute atomic E-state index is 0.0663. The number of carbonyl (C=O) groups is 3. The molecule has 9 heteroatoms. The van der Waals surface area contributed by atoms with E-state index in [4.69, 9.17) is 0 Å². The number of nitrogens with one attached hydrogen (secondary N) is 2. The molecule has 1 atom stereocenters. The molecule has 0 unspecified atom stereocenters. The number of anilines is 1. The summed E-state index contributed by atoms with van der Waals surface area (Å²) in [4.78, 5) is 38.0. The quantitative estimate of drug-likeness (QED) is 0.683. The summed E-state index contributed by atoms with van der Waals surface area (Å²) in [7, 11) is -3.41. The summed E-state index contributed by atoms with van der Waals surface area (Å²) in [6, 6.07) is 5.17. The summed E-state index contributed by atoms with van der Waals surface area (Å²) in [5.74, 6) is -0.642. The number of urea groups is 1. The second kappa shape index (κ2) is 7.67. The summed E-state index contributed by atoms with van der Waals surface area (Å²) in [6.07, 6.45) is 2.32. The lowest BCUT2D eigenvalue weighted by atomic mass is 9.92. The van der Waals surface area contributed by atoms with E-state index in [-0.39, 0.29) is 10.6 Å². The summed E-state index contributed by atoms with van der Waals surface area (Å²) in [5.41, 5.74) is -0.741. The van der Waals surface area contributed by atoms with Crippen molar-refractivity contribution in [2.75, 3.05) is 18.1 Å². The van der Waals surface area contributed by atoms with Crippen LogP contribution in [-0.4, -0.2) is 49.5 Å². The van der Waals surface area contributed by atoms with Crippen molar-refractivity contribution in [1.82, 2.24) is 10.2 Å². The van der Waals surface area contributed by atoms with Crippen LogP contribution >= 0.6 is 0 Å². The molecule has 2 N–H and O–H groups in total. The van der Waals surface area contributed by atoms with Gasteiger partial charge in [0.05, 0.1) is 4.90 Å². The smallest absolute Gasteiger partial charge is 0.324 e. The molecule has 1 aliphatic heterocycles. The maximum absolute atomic E-state index is 12.6. The fraction of sp³-hybridized carbons (Fsp3) is 0.500. The van der Waals surface area contributed by atoms with Crippen LogP contribution in [0.25, 0.3) is 0 Å². The fourth-order valence-corrected chi connectivity index (χ4v) is 3.45. The molecule has 0 aliphatic carbocycles. The Bertz CT molecular complexity index is 866. The van der Waals surface area contributed by atoms with Gasteiger partial charge >= 0.3 is 6.03 Å². The Hall–Kier alpha value is -2.42. The van der Waals surface area contributed by atoms with Gasteiger partial charge in [-0.15, -0.1) is 0 Å². The Morgan fingerprint density at radius 3 is 2.56 bits per heavy atom. The number of carbonyl (C=O) groups excluding carboxylic acids is 3.